The third-order valence-corrected chi connectivity index (χ3v) is 7.05. The second-order valence-corrected chi connectivity index (χ2v) is 8.71. The summed E-state index contributed by atoms with van der Waals surface area (Å²) < 4.78 is 1.98. The number of thiazole rings is 1. The van der Waals surface area contributed by atoms with Crippen LogP contribution >= 0.6 is 11.3 Å². The predicted octanol–water partition coefficient (Wildman–Crippen LogP) is 4.08. The van der Waals surface area contributed by atoms with Crippen molar-refractivity contribution in [1.29, 1.82) is 0 Å². The summed E-state index contributed by atoms with van der Waals surface area (Å²) in [5.41, 5.74) is 1.59. The van der Waals surface area contributed by atoms with Crippen molar-refractivity contribution in [2.75, 3.05) is 24.5 Å². The first-order chi connectivity index (χ1) is 14.6. The summed E-state index contributed by atoms with van der Waals surface area (Å²) in [7, 11) is 0. The van der Waals surface area contributed by atoms with E-state index in [9.17, 15) is 4.79 Å². The Morgan fingerprint density at radius 3 is 2.53 bits per heavy atom. The van der Waals surface area contributed by atoms with E-state index in [0.717, 1.165) is 55.4 Å². The van der Waals surface area contributed by atoms with E-state index in [1.54, 1.807) is 11.3 Å². The molecule has 6 nitrogen and oxygen atoms in total. The number of aryl methyl sites for hydroxylation is 1. The lowest BCUT2D eigenvalue weighted by molar-refractivity contribution is -0.120. The Balaban J connectivity index is 1.62. The van der Waals surface area contributed by atoms with Gasteiger partial charge in [-0.3, -0.25) is 14.4 Å². The Labute approximate surface area is 182 Å². The predicted molar refractivity (Wildman–Crippen MR) is 121 cm³/mol. The van der Waals surface area contributed by atoms with Crippen LogP contribution in [0.5, 0.6) is 0 Å². The lowest BCUT2D eigenvalue weighted by Gasteiger charge is -2.47. The zero-order chi connectivity index (χ0) is 21.0. The van der Waals surface area contributed by atoms with E-state index in [1.807, 2.05) is 72.2 Å². The number of hydrogen-bond acceptors (Lipinski definition) is 5. The first-order valence-electron chi connectivity index (χ1n) is 10.6. The molecule has 1 aliphatic heterocycles. The summed E-state index contributed by atoms with van der Waals surface area (Å²) in [4.78, 5) is 22.6. The average Bonchev–Trinajstić information content (AvgIpc) is 3.46. The van der Waals surface area contributed by atoms with E-state index in [-0.39, 0.29) is 5.91 Å². The number of aromatic nitrogens is 3. The molecule has 158 valence electrons. The number of benzene rings is 1. The molecule has 1 aromatic carbocycles. The highest BCUT2D eigenvalue weighted by Crippen LogP contribution is 2.43. The van der Waals surface area contributed by atoms with E-state index < -0.39 is 5.54 Å². The second kappa shape index (κ2) is 9.10. The van der Waals surface area contributed by atoms with E-state index >= 15 is 0 Å². The van der Waals surface area contributed by atoms with Gasteiger partial charge in [0.05, 0.1) is 6.54 Å². The number of amides is 1. The highest BCUT2D eigenvalue weighted by atomic mass is 32.1. The number of nitrogens with zero attached hydrogens (tertiary/aromatic N) is 5. The number of rotatable bonds is 7. The summed E-state index contributed by atoms with van der Waals surface area (Å²) >= 11 is 1.68. The molecule has 1 amide bonds. The van der Waals surface area contributed by atoms with E-state index in [1.165, 1.54) is 0 Å². The number of anilines is 1. The van der Waals surface area contributed by atoms with Gasteiger partial charge in [-0.1, -0.05) is 25.1 Å². The molecule has 0 N–H and O–H groups in total. The Hall–Kier alpha value is -2.51. The van der Waals surface area contributed by atoms with Crippen molar-refractivity contribution in [3.05, 3.63) is 64.9 Å². The number of hydrogen-bond donors (Lipinski definition) is 0. The van der Waals surface area contributed by atoms with Crippen LogP contribution in [0.4, 0.5) is 5.69 Å². The standard InChI is InChI=1S/C23H29N5OS/c1-3-21(29)28(20-8-5-4-6-9-20)23(22-25-19(2)18-30-22)10-14-26(15-11-23)16-17-27-13-7-12-24-27/h4-9,12-13,18H,3,10-11,14-17H2,1-2H3. The minimum absolute atomic E-state index is 0.152. The van der Waals surface area contributed by atoms with Crippen LogP contribution in [0.1, 0.15) is 36.9 Å². The number of carbonyl (C=O) groups is 1. The van der Waals surface area contributed by atoms with Crippen LogP contribution in [0.15, 0.2) is 54.2 Å². The molecule has 7 heteroatoms. The van der Waals surface area contributed by atoms with Crippen molar-refractivity contribution in [3.63, 3.8) is 0 Å². The minimum atomic E-state index is -0.393. The quantitative estimate of drug-likeness (QED) is 0.575. The molecule has 4 rings (SSSR count). The van der Waals surface area contributed by atoms with Crippen molar-refractivity contribution in [3.8, 4) is 0 Å². The maximum Gasteiger partial charge on any atom is 0.227 e. The lowest BCUT2D eigenvalue weighted by Crippen LogP contribution is -2.56. The molecule has 1 fully saturated rings. The van der Waals surface area contributed by atoms with Gasteiger partial charge in [-0.25, -0.2) is 4.98 Å². The van der Waals surface area contributed by atoms with Crippen LogP contribution in [0.2, 0.25) is 0 Å². The fourth-order valence-electron chi connectivity index (χ4n) is 4.29. The molecular weight excluding hydrogens is 394 g/mol. The van der Waals surface area contributed by atoms with Crippen LogP contribution in [0.3, 0.4) is 0 Å². The molecule has 0 unspecified atom stereocenters. The van der Waals surface area contributed by atoms with Crippen molar-refractivity contribution < 1.29 is 4.79 Å². The van der Waals surface area contributed by atoms with Crippen LogP contribution < -0.4 is 4.90 Å². The van der Waals surface area contributed by atoms with Gasteiger partial charge in [-0.15, -0.1) is 11.3 Å². The molecule has 0 saturated carbocycles. The molecular formula is C23H29N5OS. The number of para-hydroxylation sites is 1. The molecule has 0 aliphatic carbocycles. The summed E-state index contributed by atoms with van der Waals surface area (Å²) in [6, 6.07) is 12.0. The molecule has 0 atom stereocenters. The minimum Gasteiger partial charge on any atom is -0.301 e. The van der Waals surface area contributed by atoms with Gasteiger partial charge in [0.15, 0.2) is 0 Å². The summed E-state index contributed by atoms with van der Waals surface area (Å²) in [6.07, 6.45) is 6.05. The third kappa shape index (κ3) is 4.18. The molecule has 0 spiro atoms. The Bertz CT molecular complexity index is 945. The summed E-state index contributed by atoms with van der Waals surface area (Å²) in [6.45, 7) is 7.68. The lowest BCUT2D eigenvalue weighted by atomic mass is 9.85. The van der Waals surface area contributed by atoms with E-state index in [4.69, 9.17) is 4.98 Å². The smallest absolute Gasteiger partial charge is 0.227 e. The molecule has 30 heavy (non-hydrogen) atoms. The zero-order valence-electron chi connectivity index (χ0n) is 17.7. The van der Waals surface area contributed by atoms with E-state index in [0.29, 0.717) is 6.42 Å². The SMILES string of the molecule is CCC(=O)N(c1ccccc1)C1(c2nc(C)cs2)CCN(CCn2cccn2)CC1. The second-order valence-electron chi connectivity index (χ2n) is 7.85. The van der Waals surface area contributed by atoms with Crippen LogP contribution in [0.25, 0.3) is 0 Å². The zero-order valence-corrected chi connectivity index (χ0v) is 18.5. The molecule has 0 bridgehead atoms. The maximum absolute atomic E-state index is 13.2. The van der Waals surface area contributed by atoms with Crippen molar-refractivity contribution in [2.24, 2.45) is 0 Å². The third-order valence-electron chi connectivity index (χ3n) is 5.90. The fourth-order valence-corrected chi connectivity index (χ4v) is 5.34. The van der Waals surface area contributed by atoms with Crippen molar-refractivity contribution in [1.82, 2.24) is 19.7 Å². The summed E-state index contributed by atoms with van der Waals surface area (Å²) in [5, 5.41) is 7.46. The Morgan fingerprint density at radius 2 is 1.93 bits per heavy atom. The fraction of sp³-hybridized carbons (Fsp3) is 0.435. The molecule has 1 aliphatic rings. The number of likely N-dealkylation sites (tertiary alicyclic amines) is 1. The maximum atomic E-state index is 13.2. The topological polar surface area (TPSA) is 54.3 Å². The average molecular weight is 424 g/mol. The highest BCUT2D eigenvalue weighted by Gasteiger charge is 2.46. The van der Waals surface area contributed by atoms with Gasteiger partial charge >= 0.3 is 0 Å². The number of piperidine rings is 1. The normalized spacial score (nSPS) is 16.5. The monoisotopic (exact) mass is 423 g/mol. The van der Waals surface area contributed by atoms with Crippen molar-refractivity contribution in [2.45, 2.75) is 45.2 Å². The molecule has 0 radical (unpaired) electrons. The first-order valence-corrected chi connectivity index (χ1v) is 11.5. The molecule has 3 heterocycles. The van der Waals surface area contributed by atoms with Gasteiger partial charge in [-0.2, -0.15) is 5.10 Å². The first kappa shape index (κ1) is 20.8. The van der Waals surface area contributed by atoms with Crippen molar-refractivity contribution >= 4 is 22.9 Å². The Kier molecular flexibility index (Phi) is 6.29. The summed E-state index contributed by atoms with van der Waals surface area (Å²) in [5.74, 6) is 0.152. The molecule has 2 aromatic heterocycles. The van der Waals surface area contributed by atoms with Gasteiger partial charge in [0.2, 0.25) is 5.91 Å². The largest absolute Gasteiger partial charge is 0.301 e. The van der Waals surface area contributed by atoms with Crippen LogP contribution in [-0.2, 0) is 16.9 Å². The van der Waals surface area contributed by atoms with Gasteiger partial charge in [0.25, 0.3) is 0 Å². The van der Waals surface area contributed by atoms with Gasteiger partial charge < -0.3 is 4.90 Å². The van der Waals surface area contributed by atoms with E-state index in [2.05, 4.69) is 15.4 Å². The molecule has 3 aromatic rings. The van der Waals surface area contributed by atoms with Gasteiger partial charge in [0.1, 0.15) is 10.5 Å². The molecule has 1 saturated heterocycles. The van der Waals surface area contributed by atoms with Crippen LogP contribution in [-0.4, -0.2) is 45.2 Å². The Morgan fingerprint density at radius 1 is 1.17 bits per heavy atom. The number of carbonyl (C=O) groups excluding carboxylic acids is 1. The van der Waals surface area contributed by atoms with Gasteiger partial charge in [-0.05, 0) is 38.0 Å². The highest BCUT2D eigenvalue weighted by molar-refractivity contribution is 7.09. The van der Waals surface area contributed by atoms with Crippen LogP contribution in [0, 0.1) is 6.92 Å². The van der Waals surface area contributed by atoms with Gasteiger partial charge in [0, 0.05) is 55.2 Å².